The zero-order valence-electron chi connectivity index (χ0n) is 6.91. The smallest absolute Gasteiger partial charge is 0.348 e. The van der Waals surface area contributed by atoms with Crippen molar-refractivity contribution in [2.45, 2.75) is 31.5 Å². The molecule has 1 unspecified atom stereocenters. The van der Waals surface area contributed by atoms with Crippen LogP contribution in [0.3, 0.4) is 0 Å². The Bertz CT molecular complexity index is 187. The summed E-state index contributed by atoms with van der Waals surface area (Å²) in [6, 6.07) is 0. The lowest BCUT2D eigenvalue weighted by atomic mass is 10.3. The molecule has 0 bridgehead atoms. The van der Waals surface area contributed by atoms with E-state index in [4.69, 9.17) is 5.11 Å². The predicted octanol–water partition coefficient (Wildman–Crippen LogP) is 2.39. The third-order valence-electron chi connectivity index (χ3n) is 1.16. The molecule has 1 radical (unpaired) electrons. The molecular formula is C6H7F6O2. The average molecular weight is 225 g/mol. The largest absolute Gasteiger partial charge is 0.457 e. The second kappa shape index (κ2) is 3.93. The van der Waals surface area contributed by atoms with Crippen LogP contribution in [0.1, 0.15) is 13.3 Å². The molecule has 0 aromatic heterocycles. The molecule has 0 aromatic rings. The van der Waals surface area contributed by atoms with Crippen molar-refractivity contribution in [2.75, 3.05) is 0 Å². The van der Waals surface area contributed by atoms with Crippen molar-refractivity contribution in [2.24, 2.45) is 0 Å². The average Bonchev–Trinajstić information content (AvgIpc) is 1.98. The van der Waals surface area contributed by atoms with Gasteiger partial charge in [-0.2, -0.15) is 26.3 Å². The van der Waals surface area contributed by atoms with Crippen LogP contribution in [-0.4, -0.2) is 23.2 Å². The van der Waals surface area contributed by atoms with Gasteiger partial charge >= 0.3 is 18.1 Å². The van der Waals surface area contributed by atoms with Gasteiger partial charge in [0, 0.05) is 0 Å². The Labute approximate surface area is 75.5 Å². The van der Waals surface area contributed by atoms with E-state index in [2.05, 4.69) is 4.74 Å². The molecule has 0 amide bonds. The molecule has 0 aliphatic carbocycles. The molecule has 8 heteroatoms. The molecule has 0 aliphatic rings. The van der Waals surface area contributed by atoms with Crippen LogP contribution in [0.4, 0.5) is 26.3 Å². The van der Waals surface area contributed by atoms with Crippen molar-refractivity contribution in [1.82, 2.24) is 0 Å². The summed E-state index contributed by atoms with van der Waals surface area (Å²) in [5.74, 6) is -5.70. The Morgan fingerprint density at radius 2 is 1.57 bits per heavy atom. The first-order chi connectivity index (χ1) is 6.06. The summed E-state index contributed by atoms with van der Waals surface area (Å²) < 4.78 is 74.6. The van der Waals surface area contributed by atoms with Crippen LogP contribution in [0.5, 0.6) is 0 Å². The lowest BCUT2D eigenvalue weighted by Crippen LogP contribution is -2.56. The lowest BCUT2D eigenvalue weighted by Gasteiger charge is -2.29. The molecule has 14 heavy (non-hydrogen) atoms. The van der Waals surface area contributed by atoms with Crippen molar-refractivity contribution >= 4 is 0 Å². The lowest BCUT2D eigenvalue weighted by molar-refractivity contribution is -0.442. The third-order valence-corrected chi connectivity index (χ3v) is 1.16. The first-order valence-corrected chi connectivity index (χ1v) is 3.41. The summed E-state index contributed by atoms with van der Waals surface area (Å²) in [5.41, 5.74) is 0. The minimum absolute atomic E-state index is 0.163. The summed E-state index contributed by atoms with van der Waals surface area (Å²) >= 11 is 0. The molecule has 85 valence electrons. The highest BCUT2D eigenvalue weighted by Crippen LogP contribution is 2.44. The van der Waals surface area contributed by atoms with Gasteiger partial charge in [-0.15, -0.1) is 0 Å². The number of ether oxygens (including phenoxy) is 1. The molecular weight excluding hydrogens is 218 g/mol. The SMILES string of the molecule is CC[CH]OC(F)(F)C(O)(F)C(F)(F)F. The predicted molar refractivity (Wildman–Crippen MR) is 32.7 cm³/mol. The highest BCUT2D eigenvalue weighted by atomic mass is 19.4. The van der Waals surface area contributed by atoms with Crippen LogP contribution in [0.25, 0.3) is 0 Å². The molecule has 1 N–H and O–H groups in total. The van der Waals surface area contributed by atoms with Crippen LogP contribution in [0.15, 0.2) is 0 Å². The van der Waals surface area contributed by atoms with Gasteiger partial charge in [-0.1, -0.05) is 6.92 Å². The normalized spacial score (nSPS) is 18.0. The van der Waals surface area contributed by atoms with E-state index in [9.17, 15) is 26.3 Å². The fourth-order valence-electron chi connectivity index (χ4n) is 0.431. The fraction of sp³-hybridized carbons (Fsp3) is 0.833. The summed E-state index contributed by atoms with van der Waals surface area (Å²) in [6.45, 7) is 1.54. The summed E-state index contributed by atoms with van der Waals surface area (Å²) in [7, 11) is 0. The number of hydrogen-bond acceptors (Lipinski definition) is 2. The third kappa shape index (κ3) is 2.50. The zero-order valence-corrected chi connectivity index (χ0v) is 6.91. The highest BCUT2D eigenvalue weighted by molar-refractivity contribution is 4.84. The Morgan fingerprint density at radius 1 is 1.14 bits per heavy atom. The van der Waals surface area contributed by atoms with Crippen molar-refractivity contribution in [3.63, 3.8) is 0 Å². The van der Waals surface area contributed by atoms with Crippen molar-refractivity contribution in [3.05, 3.63) is 6.61 Å². The van der Waals surface area contributed by atoms with Crippen molar-refractivity contribution < 1.29 is 36.2 Å². The van der Waals surface area contributed by atoms with Gasteiger partial charge in [0.15, 0.2) is 0 Å². The van der Waals surface area contributed by atoms with Gasteiger partial charge in [0.05, 0.1) is 6.61 Å². The molecule has 1 atom stereocenters. The molecule has 0 saturated carbocycles. The van der Waals surface area contributed by atoms with Crippen LogP contribution in [-0.2, 0) is 4.74 Å². The molecule has 0 heterocycles. The standard InChI is InChI=1S/C6H7F6O2/c1-2-3-14-6(11,12)4(7,13)5(8,9)10/h3,13H,2H2,1H3. The number of alkyl halides is 6. The minimum Gasteiger partial charge on any atom is -0.348 e. The van der Waals surface area contributed by atoms with E-state index in [1.807, 2.05) is 0 Å². The van der Waals surface area contributed by atoms with E-state index in [-0.39, 0.29) is 13.0 Å². The number of rotatable bonds is 4. The van der Waals surface area contributed by atoms with Gasteiger partial charge in [0.1, 0.15) is 0 Å². The van der Waals surface area contributed by atoms with Gasteiger partial charge in [-0.25, -0.2) is 0 Å². The Balaban J connectivity index is 4.69. The van der Waals surface area contributed by atoms with E-state index in [0.717, 1.165) is 0 Å². The summed E-state index contributed by atoms with van der Waals surface area (Å²) in [6.07, 6.45) is -11.6. The van der Waals surface area contributed by atoms with E-state index in [1.165, 1.54) is 6.92 Å². The monoisotopic (exact) mass is 225 g/mol. The fourth-order valence-corrected chi connectivity index (χ4v) is 0.431. The molecule has 0 aliphatic heterocycles. The molecule has 0 fully saturated rings. The second-order valence-corrected chi connectivity index (χ2v) is 2.33. The second-order valence-electron chi connectivity index (χ2n) is 2.33. The summed E-state index contributed by atoms with van der Waals surface area (Å²) in [4.78, 5) is 0. The topological polar surface area (TPSA) is 29.5 Å². The highest BCUT2D eigenvalue weighted by Gasteiger charge is 2.72. The van der Waals surface area contributed by atoms with E-state index >= 15 is 0 Å². The van der Waals surface area contributed by atoms with Crippen molar-refractivity contribution in [3.8, 4) is 0 Å². The Kier molecular flexibility index (Phi) is 3.79. The van der Waals surface area contributed by atoms with E-state index in [1.54, 1.807) is 0 Å². The zero-order chi connectivity index (χ0) is 11.6. The molecule has 0 rings (SSSR count). The van der Waals surface area contributed by atoms with E-state index in [0.29, 0.717) is 0 Å². The Morgan fingerprint density at radius 3 is 1.86 bits per heavy atom. The van der Waals surface area contributed by atoms with Gasteiger partial charge in [0.25, 0.3) is 0 Å². The minimum atomic E-state index is -6.13. The van der Waals surface area contributed by atoms with Crippen LogP contribution in [0, 0.1) is 6.61 Å². The van der Waals surface area contributed by atoms with Gasteiger partial charge in [0.2, 0.25) is 0 Å². The summed E-state index contributed by atoms with van der Waals surface area (Å²) in [5, 5.41) is 7.92. The maximum atomic E-state index is 12.3. The van der Waals surface area contributed by atoms with Gasteiger partial charge in [-0.3, -0.25) is 0 Å². The number of hydrogen-bond donors (Lipinski definition) is 1. The molecule has 0 aromatic carbocycles. The van der Waals surface area contributed by atoms with Gasteiger partial charge in [-0.05, 0) is 6.42 Å². The molecule has 0 spiro atoms. The van der Waals surface area contributed by atoms with Crippen LogP contribution in [0.2, 0.25) is 0 Å². The first kappa shape index (κ1) is 13.5. The van der Waals surface area contributed by atoms with Gasteiger partial charge < -0.3 is 9.84 Å². The molecule has 2 nitrogen and oxygen atoms in total. The molecule has 0 saturated heterocycles. The quantitative estimate of drug-likeness (QED) is 0.744. The Hall–Kier alpha value is -0.500. The number of aliphatic hydroxyl groups is 1. The maximum absolute atomic E-state index is 12.3. The van der Waals surface area contributed by atoms with Crippen LogP contribution < -0.4 is 0 Å². The number of halogens is 6. The maximum Gasteiger partial charge on any atom is 0.457 e. The van der Waals surface area contributed by atoms with E-state index < -0.39 is 18.1 Å². The first-order valence-electron chi connectivity index (χ1n) is 3.41. The van der Waals surface area contributed by atoms with Crippen molar-refractivity contribution in [1.29, 1.82) is 0 Å². The van der Waals surface area contributed by atoms with Crippen LogP contribution >= 0.6 is 0 Å².